The van der Waals surface area contributed by atoms with Gasteiger partial charge in [0.05, 0.1) is 12.3 Å². The normalized spacial score (nSPS) is 10.9. The maximum atomic E-state index is 12.7. The van der Waals surface area contributed by atoms with Crippen LogP contribution >= 0.6 is 0 Å². The third kappa shape index (κ3) is 5.41. The first-order chi connectivity index (χ1) is 14.5. The molecule has 0 saturated carbocycles. The zero-order valence-electron chi connectivity index (χ0n) is 17.8. The van der Waals surface area contributed by atoms with Gasteiger partial charge in [0.25, 0.3) is 5.56 Å². The number of rotatable bonds is 8. The first-order valence-electron chi connectivity index (χ1n) is 10.4. The van der Waals surface area contributed by atoms with Crippen LogP contribution in [0.4, 0.5) is 10.5 Å². The molecule has 30 heavy (non-hydrogen) atoms. The smallest absolute Gasteiger partial charge is 0.319 e. The van der Waals surface area contributed by atoms with E-state index in [1.54, 1.807) is 16.8 Å². The molecule has 0 unspecified atom stereocenters. The molecule has 2 aromatic carbocycles. The number of carbonyl (C=O) groups is 1. The minimum Gasteiger partial charge on any atom is -0.494 e. The van der Waals surface area contributed by atoms with Crippen LogP contribution in [0, 0.1) is 5.92 Å². The van der Waals surface area contributed by atoms with Gasteiger partial charge in [0, 0.05) is 30.1 Å². The van der Waals surface area contributed by atoms with Crippen LogP contribution in [0.5, 0.6) is 5.75 Å². The molecule has 0 saturated heterocycles. The van der Waals surface area contributed by atoms with Crippen molar-refractivity contribution in [3.63, 3.8) is 0 Å². The van der Waals surface area contributed by atoms with Gasteiger partial charge < -0.3 is 19.9 Å². The lowest BCUT2D eigenvalue weighted by atomic mass is 10.1. The number of nitrogens with one attached hydrogen (secondary N) is 2. The van der Waals surface area contributed by atoms with E-state index in [4.69, 9.17) is 4.74 Å². The van der Waals surface area contributed by atoms with Gasteiger partial charge >= 0.3 is 6.03 Å². The predicted molar refractivity (Wildman–Crippen MR) is 121 cm³/mol. The van der Waals surface area contributed by atoms with Crippen molar-refractivity contribution >= 4 is 22.5 Å². The lowest BCUT2D eigenvalue weighted by Gasteiger charge is -2.15. The van der Waals surface area contributed by atoms with Gasteiger partial charge in [-0.25, -0.2) is 4.79 Å². The van der Waals surface area contributed by atoms with Gasteiger partial charge in [-0.2, -0.15) is 0 Å². The average molecular weight is 408 g/mol. The Kier molecular flexibility index (Phi) is 7.12. The number of pyridine rings is 1. The number of nitrogens with zero attached hydrogens (tertiary/aromatic N) is 1. The summed E-state index contributed by atoms with van der Waals surface area (Å²) in [4.78, 5) is 25.2. The van der Waals surface area contributed by atoms with Gasteiger partial charge in [0.2, 0.25) is 0 Å². The second kappa shape index (κ2) is 9.96. The largest absolute Gasteiger partial charge is 0.494 e. The molecule has 1 heterocycles. The molecule has 3 rings (SSSR count). The Balaban J connectivity index is 1.67. The first kappa shape index (κ1) is 21.4. The summed E-state index contributed by atoms with van der Waals surface area (Å²) in [6.07, 6.45) is 2.45. The summed E-state index contributed by atoms with van der Waals surface area (Å²) >= 11 is 0. The van der Waals surface area contributed by atoms with Crippen LogP contribution in [-0.4, -0.2) is 23.7 Å². The van der Waals surface area contributed by atoms with Crippen LogP contribution in [0.15, 0.2) is 59.5 Å². The van der Waals surface area contributed by atoms with Crippen LogP contribution in [0.1, 0.15) is 26.3 Å². The Hall–Kier alpha value is -3.28. The molecule has 0 fully saturated rings. The summed E-state index contributed by atoms with van der Waals surface area (Å²) in [7, 11) is 0. The molecule has 2 N–H and O–H groups in total. The van der Waals surface area contributed by atoms with Crippen LogP contribution in [-0.2, 0) is 13.0 Å². The van der Waals surface area contributed by atoms with Crippen LogP contribution in [0.25, 0.3) is 10.8 Å². The highest BCUT2D eigenvalue weighted by Crippen LogP contribution is 2.21. The van der Waals surface area contributed by atoms with E-state index in [-0.39, 0.29) is 11.6 Å². The lowest BCUT2D eigenvalue weighted by Crippen LogP contribution is -2.31. The van der Waals surface area contributed by atoms with Crippen LogP contribution in [0.3, 0.4) is 0 Å². The Morgan fingerprint density at radius 3 is 2.43 bits per heavy atom. The first-order valence-corrected chi connectivity index (χ1v) is 10.4. The maximum Gasteiger partial charge on any atom is 0.319 e. The van der Waals surface area contributed by atoms with Crippen molar-refractivity contribution in [2.75, 3.05) is 18.5 Å². The van der Waals surface area contributed by atoms with Crippen molar-refractivity contribution in [2.24, 2.45) is 5.92 Å². The molecule has 0 spiro atoms. The molecule has 2 amide bonds. The van der Waals surface area contributed by atoms with E-state index in [0.29, 0.717) is 43.1 Å². The van der Waals surface area contributed by atoms with E-state index in [2.05, 4.69) is 24.5 Å². The molecule has 6 nitrogen and oxygen atoms in total. The SMILES string of the molecule is CCOc1ccc(CCNC(=O)Nc2cn(CC(C)C)c(=O)c3ccccc23)cc1. The molecule has 3 aromatic rings. The number of anilines is 1. The van der Waals surface area contributed by atoms with Crippen molar-refractivity contribution in [1.29, 1.82) is 0 Å². The predicted octanol–water partition coefficient (Wildman–Crippen LogP) is 4.42. The van der Waals surface area contributed by atoms with E-state index in [1.807, 2.05) is 49.4 Å². The van der Waals surface area contributed by atoms with Crippen LogP contribution in [0.2, 0.25) is 0 Å². The second-order valence-corrected chi connectivity index (χ2v) is 7.65. The zero-order chi connectivity index (χ0) is 21.5. The standard InChI is InChI=1S/C24H29N3O3/c1-4-30-19-11-9-18(10-12-19)13-14-25-24(29)26-22-16-27(15-17(2)3)23(28)21-8-6-5-7-20(21)22/h5-12,16-17H,4,13-15H2,1-3H3,(H2,25,26,29). The number of urea groups is 1. The molecule has 1 aromatic heterocycles. The highest BCUT2D eigenvalue weighted by Gasteiger charge is 2.11. The molecule has 0 bridgehead atoms. The van der Waals surface area contributed by atoms with Gasteiger partial charge in [0.1, 0.15) is 5.75 Å². The molecule has 0 radical (unpaired) electrons. The van der Waals surface area contributed by atoms with Crippen molar-refractivity contribution in [3.05, 3.63) is 70.6 Å². The van der Waals surface area contributed by atoms with Gasteiger partial charge in [-0.05, 0) is 43.0 Å². The number of fused-ring (bicyclic) bond motifs is 1. The van der Waals surface area contributed by atoms with Crippen molar-refractivity contribution in [2.45, 2.75) is 33.7 Å². The van der Waals surface area contributed by atoms with Gasteiger partial charge in [-0.1, -0.05) is 44.2 Å². The van der Waals surface area contributed by atoms with Gasteiger partial charge in [0.15, 0.2) is 0 Å². The molecule has 158 valence electrons. The summed E-state index contributed by atoms with van der Waals surface area (Å²) in [6, 6.07) is 14.9. The summed E-state index contributed by atoms with van der Waals surface area (Å²) in [5.41, 5.74) is 1.71. The second-order valence-electron chi connectivity index (χ2n) is 7.65. The van der Waals surface area contributed by atoms with E-state index in [1.165, 1.54) is 0 Å². The maximum absolute atomic E-state index is 12.7. The highest BCUT2D eigenvalue weighted by atomic mass is 16.5. The Morgan fingerprint density at radius 1 is 1.07 bits per heavy atom. The monoisotopic (exact) mass is 407 g/mol. The number of amides is 2. The van der Waals surface area contributed by atoms with E-state index >= 15 is 0 Å². The highest BCUT2D eigenvalue weighted by molar-refractivity contribution is 6.00. The van der Waals surface area contributed by atoms with Gasteiger partial charge in [-0.3, -0.25) is 4.79 Å². The topological polar surface area (TPSA) is 72.4 Å². The quantitative estimate of drug-likeness (QED) is 0.581. The molecule has 0 aliphatic carbocycles. The molecule has 0 atom stereocenters. The minimum atomic E-state index is -0.291. The van der Waals surface area contributed by atoms with E-state index < -0.39 is 0 Å². The van der Waals surface area contributed by atoms with Crippen molar-refractivity contribution in [1.82, 2.24) is 9.88 Å². The van der Waals surface area contributed by atoms with Crippen LogP contribution < -0.4 is 20.9 Å². The fourth-order valence-electron chi connectivity index (χ4n) is 3.38. The summed E-state index contributed by atoms with van der Waals surface area (Å²) in [6.45, 7) is 7.81. The van der Waals surface area contributed by atoms with Crippen molar-refractivity contribution in [3.8, 4) is 5.75 Å². The van der Waals surface area contributed by atoms with Gasteiger partial charge in [-0.15, -0.1) is 0 Å². The average Bonchev–Trinajstić information content (AvgIpc) is 2.72. The van der Waals surface area contributed by atoms with E-state index in [9.17, 15) is 9.59 Å². The summed E-state index contributed by atoms with van der Waals surface area (Å²) < 4.78 is 7.11. The fourth-order valence-corrected chi connectivity index (χ4v) is 3.38. The fraction of sp³-hybridized carbons (Fsp3) is 0.333. The molecule has 0 aliphatic heterocycles. The zero-order valence-corrected chi connectivity index (χ0v) is 17.8. The summed E-state index contributed by atoms with van der Waals surface area (Å²) in [5.74, 6) is 1.16. The summed E-state index contributed by atoms with van der Waals surface area (Å²) in [5, 5.41) is 7.14. The number of carbonyl (C=O) groups excluding carboxylic acids is 1. The minimum absolute atomic E-state index is 0.0410. The Labute approximate surface area is 176 Å². The lowest BCUT2D eigenvalue weighted by molar-refractivity contribution is 0.252. The van der Waals surface area contributed by atoms with E-state index in [0.717, 1.165) is 16.7 Å². The number of hydrogen-bond donors (Lipinski definition) is 2. The van der Waals surface area contributed by atoms with Crippen molar-refractivity contribution < 1.29 is 9.53 Å². The molecule has 0 aliphatic rings. The molecule has 6 heteroatoms. The number of hydrogen-bond acceptors (Lipinski definition) is 3. The molecular weight excluding hydrogens is 378 g/mol. The third-order valence-corrected chi connectivity index (χ3v) is 4.74. The molecular formula is C24H29N3O3. The number of benzene rings is 2. The number of ether oxygens (including phenoxy) is 1. The Bertz CT molecular complexity index is 1060. The number of aromatic nitrogens is 1. The Morgan fingerprint density at radius 2 is 1.77 bits per heavy atom. The third-order valence-electron chi connectivity index (χ3n) is 4.74.